The first-order valence-electron chi connectivity index (χ1n) is 7.10. The van der Waals surface area contributed by atoms with Gasteiger partial charge in [0.2, 0.25) is 5.91 Å². The van der Waals surface area contributed by atoms with Gasteiger partial charge in [0.05, 0.1) is 33.5 Å². The number of benzene rings is 2. The van der Waals surface area contributed by atoms with Gasteiger partial charge in [0.15, 0.2) is 0 Å². The lowest BCUT2D eigenvalue weighted by Gasteiger charge is -2.08. The minimum Gasteiger partial charge on any atom is -0.465 e. The van der Waals surface area contributed by atoms with E-state index in [9.17, 15) is 9.59 Å². The highest BCUT2D eigenvalue weighted by Crippen LogP contribution is 2.25. The molecule has 132 valence electrons. The number of rotatable bonds is 6. The van der Waals surface area contributed by atoms with Crippen LogP contribution in [0.5, 0.6) is 0 Å². The summed E-state index contributed by atoms with van der Waals surface area (Å²) in [6.07, 6.45) is 0. The fourth-order valence-electron chi connectivity index (χ4n) is 1.96. The number of hydrogen-bond donors (Lipinski definition) is 1. The summed E-state index contributed by atoms with van der Waals surface area (Å²) >= 11 is 19.2. The zero-order valence-corrected chi connectivity index (χ0v) is 16.2. The van der Waals surface area contributed by atoms with Crippen LogP contribution in [0.15, 0.2) is 36.4 Å². The second-order valence-electron chi connectivity index (χ2n) is 4.98. The van der Waals surface area contributed by atoms with Crippen molar-refractivity contribution in [3.05, 3.63) is 62.6 Å². The standard InChI is InChI=1S/C17H14Cl3NO3S/c1-24-17(23)12-7-11(3-5-13(12)18)21-16(22)9-25-8-10-2-4-14(19)15(20)6-10/h2-7H,8-9H2,1H3,(H,21,22). The average Bonchev–Trinajstić information content (AvgIpc) is 2.59. The van der Waals surface area contributed by atoms with E-state index in [0.29, 0.717) is 21.5 Å². The monoisotopic (exact) mass is 417 g/mol. The van der Waals surface area contributed by atoms with Crippen LogP contribution >= 0.6 is 46.6 Å². The Bertz CT molecular complexity index is 799. The molecule has 0 heterocycles. The minimum absolute atomic E-state index is 0.191. The molecular weight excluding hydrogens is 405 g/mol. The maximum absolute atomic E-state index is 12.0. The van der Waals surface area contributed by atoms with Crippen LogP contribution in [0, 0.1) is 0 Å². The van der Waals surface area contributed by atoms with Crippen LogP contribution in [0.1, 0.15) is 15.9 Å². The Hall–Kier alpha value is -1.40. The fourth-order valence-corrected chi connectivity index (χ4v) is 3.25. The van der Waals surface area contributed by atoms with E-state index < -0.39 is 5.97 Å². The van der Waals surface area contributed by atoms with Crippen molar-refractivity contribution in [3.63, 3.8) is 0 Å². The molecule has 4 nitrogen and oxygen atoms in total. The second kappa shape index (κ2) is 9.34. The van der Waals surface area contributed by atoms with Crippen molar-refractivity contribution < 1.29 is 14.3 Å². The average molecular weight is 419 g/mol. The summed E-state index contributed by atoms with van der Waals surface area (Å²) in [7, 11) is 1.27. The molecule has 0 unspecified atom stereocenters. The van der Waals surface area contributed by atoms with Crippen molar-refractivity contribution in [2.45, 2.75) is 5.75 Å². The zero-order chi connectivity index (χ0) is 18.4. The Morgan fingerprint density at radius 1 is 1.04 bits per heavy atom. The number of amides is 1. The Morgan fingerprint density at radius 2 is 1.76 bits per heavy atom. The molecule has 0 atom stereocenters. The highest BCUT2D eigenvalue weighted by molar-refractivity contribution is 7.99. The molecular formula is C17H14Cl3NO3S. The molecule has 1 amide bonds. The highest BCUT2D eigenvalue weighted by Gasteiger charge is 2.12. The number of carbonyl (C=O) groups excluding carboxylic acids is 2. The van der Waals surface area contributed by atoms with Crippen LogP contribution in [-0.4, -0.2) is 24.7 Å². The first-order chi connectivity index (χ1) is 11.9. The number of nitrogens with one attached hydrogen (secondary N) is 1. The summed E-state index contributed by atoms with van der Waals surface area (Å²) in [5.74, 6) is 0.118. The first kappa shape index (κ1) is 19.9. The SMILES string of the molecule is COC(=O)c1cc(NC(=O)CSCc2ccc(Cl)c(Cl)c2)ccc1Cl. The molecule has 1 N–H and O–H groups in total. The van der Waals surface area contributed by atoms with Gasteiger partial charge in [-0.1, -0.05) is 40.9 Å². The quantitative estimate of drug-likeness (QED) is 0.646. The van der Waals surface area contributed by atoms with E-state index in [-0.39, 0.29) is 22.2 Å². The van der Waals surface area contributed by atoms with Gasteiger partial charge in [0.25, 0.3) is 0 Å². The van der Waals surface area contributed by atoms with E-state index in [1.165, 1.54) is 31.0 Å². The number of ether oxygens (including phenoxy) is 1. The third kappa shape index (κ3) is 5.82. The number of methoxy groups -OCH3 is 1. The van der Waals surface area contributed by atoms with E-state index in [4.69, 9.17) is 34.8 Å². The lowest BCUT2D eigenvalue weighted by molar-refractivity contribution is -0.113. The van der Waals surface area contributed by atoms with Crippen LogP contribution in [0.25, 0.3) is 0 Å². The Balaban J connectivity index is 1.90. The topological polar surface area (TPSA) is 55.4 Å². The van der Waals surface area contributed by atoms with Gasteiger partial charge in [-0.05, 0) is 35.9 Å². The van der Waals surface area contributed by atoms with E-state index in [2.05, 4.69) is 10.1 Å². The van der Waals surface area contributed by atoms with E-state index >= 15 is 0 Å². The largest absolute Gasteiger partial charge is 0.465 e. The number of thioether (sulfide) groups is 1. The summed E-state index contributed by atoms with van der Waals surface area (Å²) < 4.78 is 4.65. The summed E-state index contributed by atoms with van der Waals surface area (Å²) in [6.45, 7) is 0. The summed E-state index contributed by atoms with van der Waals surface area (Å²) in [5.41, 5.74) is 1.65. The molecule has 2 aromatic carbocycles. The van der Waals surface area contributed by atoms with Crippen molar-refractivity contribution in [3.8, 4) is 0 Å². The van der Waals surface area contributed by atoms with Gasteiger partial charge in [0.1, 0.15) is 0 Å². The van der Waals surface area contributed by atoms with Crippen molar-refractivity contribution in [2.24, 2.45) is 0 Å². The van der Waals surface area contributed by atoms with Crippen molar-refractivity contribution in [2.75, 3.05) is 18.2 Å². The maximum atomic E-state index is 12.0. The lowest BCUT2D eigenvalue weighted by atomic mass is 10.2. The Morgan fingerprint density at radius 3 is 2.44 bits per heavy atom. The molecule has 0 radical (unpaired) electrons. The molecule has 0 aliphatic carbocycles. The number of esters is 1. The van der Waals surface area contributed by atoms with Gasteiger partial charge >= 0.3 is 5.97 Å². The van der Waals surface area contributed by atoms with Crippen molar-refractivity contribution in [1.82, 2.24) is 0 Å². The Labute approximate surface area is 164 Å². The predicted octanol–water partition coefficient (Wildman–Crippen LogP) is 5.31. The zero-order valence-electron chi connectivity index (χ0n) is 13.1. The molecule has 0 aliphatic rings. The van der Waals surface area contributed by atoms with E-state index in [1.807, 2.05) is 6.07 Å². The molecule has 0 saturated carbocycles. The number of anilines is 1. The van der Waals surface area contributed by atoms with Crippen LogP contribution in [0.4, 0.5) is 5.69 Å². The molecule has 0 aliphatic heterocycles. The smallest absolute Gasteiger partial charge is 0.339 e. The number of hydrogen-bond acceptors (Lipinski definition) is 4. The molecule has 0 spiro atoms. The molecule has 2 rings (SSSR count). The normalized spacial score (nSPS) is 10.4. The number of halogens is 3. The van der Waals surface area contributed by atoms with Crippen molar-refractivity contribution >= 4 is 64.1 Å². The third-order valence-corrected chi connectivity index (χ3v) is 5.21. The second-order valence-corrected chi connectivity index (χ2v) is 7.18. The van der Waals surface area contributed by atoms with Gasteiger partial charge < -0.3 is 10.1 Å². The van der Waals surface area contributed by atoms with Gasteiger partial charge in [-0.25, -0.2) is 4.79 Å². The molecule has 2 aromatic rings. The van der Waals surface area contributed by atoms with Gasteiger partial charge in [-0.3, -0.25) is 4.79 Å². The fraction of sp³-hybridized carbons (Fsp3) is 0.176. The van der Waals surface area contributed by atoms with E-state index in [0.717, 1.165) is 5.56 Å². The maximum Gasteiger partial charge on any atom is 0.339 e. The van der Waals surface area contributed by atoms with Gasteiger partial charge in [-0.15, -0.1) is 11.8 Å². The van der Waals surface area contributed by atoms with Crippen LogP contribution in [0.3, 0.4) is 0 Å². The Kier molecular flexibility index (Phi) is 7.44. The first-order valence-corrected chi connectivity index (χ1v) is 9.39. The molecule has 25 heavy (non-hydrogen) atoms. The minimum atomic E-state index is -0.560. The molecule has 0 fully saturated rings. The summed E-state index contributed by atoms with van der Waals surface area (Å²) in [6, 6.07) is 10.00. The van der Waals surface area contributed by atoms with Gasteiger partial charge in [-0.2, -0.15) is 0 Å². The summed E-state index contributed by atoms with van der Waals surface area (Å²) in [5, 5.41) is 3.97. The van der Waals surface area contributed by atoms with Crippen LogP contribution in [-0.2, 0) is 15.3 Å². The lowest BCUT2D eigenvalue weighted by Crippen LogP contribution is -2.15. The molecule has 0 aromatic heterocycles. The van der Waals surface area contributed by atoms with Gasteiger partial charge in [0, 0.05) is 11.4 Å². The molecule has 8 heteroatoms. The molecule has 0 bridgehead atoms. The van der Waals surface area contributed by atoms with E-state index in [1.54, 1.807) is 18.2 Å². The van der Waals surface area contributed by atoms with Crippen LogP contribution in [0.2, 0.25) is 15.1 Å². The highest BCUT2D eigenvalue weighted by atomic mass is 35.5. The number of carbonyl (C=O) groups is 2. The predicted molar refractivity (Wildman–Crippen MR) is 104 cm³/mol. The summed E-state index contributed by atoms with van der Waals surface area (Å²) in [4.78, 5) is 23.6. The van der Waals surface area contributed by atoms with Crippen LogP contribution < -0.4 is 5.32 Å². The molecule has 0 saturated heterocycles. The van der Waals surface area contributed by atoms with Crippen molar-refractivity contribution in [1.29, 1.82) is 0 Å². The third-order valence-electron chi connectivity index (χ3n) is 3.14.